The summed E-state index contributed by atoms with van der Waals surface area (Å²) < 4.78 is 52.4. The molecule has 16 heteroatoms. The first-order valence-corrected chi connectivity index (χ1v) is 17.6. The minimum Gasteiger partial charge on any atom is -0.476 e. The van der Waals surface area contributed by atoms with Crippen molar-refractivity contribution in [1.82, 2.24) is 24.6 Å². The number of rotatable bonds is 16. The summed E-state index contributed by atoms with van der Waals surface area (Å²) in [5.41, 5.74) is 5.08. The summed E-state index contributed by atoms with van der Waals surface area (Å²) >= 11 is 0. The summed E-state index contributed by atoms with van der Waals surface area (Å²) in [5, 5.41) is 13.8. The molecule has 2 aromatic heterocycles. The monoisotopic (exact) mass is 696 g/mol. The molecule has 2 fully saturated rings. The maximum atomic E-state index is 14.4. The van der Waals surface area contributed by atoms with Gasteiger partial charge in [-0.05, 0) is 51.8 Å². The molecule has 0 amide bonds. The van der Waals surface area contributed by atoms with E-state index in [9.17, 15) is 14.5 Å². The smallest absolute Gasteiger partial charge is 0.459 e. The number of esters is 1. The van der Waals surface area contributed by atoms with Crippen LogP contribution in [0.1, 0.15) is 45.9 Å². The van der Waals surface area contributed by atoms with E-state index in [0.717, 1.165) is 5.56 Å². The Morgan fingerprint density at radius 1 is 1.14 bits per heavy atom. The van der Waals surface area contributed by atoms with Gasteiger partial charge in [-0.2, -0.15) is 15.1 Å². The fourth-order valence-corrected chi connectivity index (χ4v) is 7.63. The number of carbonyl (C=O) groups is 1. The second kappa shape index (κ2) is 14.0. The van der Waals surface area contributed by atoms with Crippen molar-refractivity contribution < 1.29 is 42.5 Å². The normalized spacial score (nSPS) is 24.7. The van der Waals surface area contributed by atoms with Gasteiger partial charge in [0.1, 0.15) is 29.2 Å². The van der Waals surface area contributed by atoms with Crippen LogP contribution in [0.2, 0.25) is 0 Å². The highest BCUT2D eigenvalue weighted by Crippen LogP contribution is 2.68. The Morgan fingerprint density at radius 2 is 1.86 bits per heavy atom. The van der Waals surface area contributed by atoms with Gasteiger partial charge in [-0.25, -0.2) is 9.55 Å². The lowest BCUT2D eigenvalue weighted by molar-refractivity contribution is -0.191. The number of nitrogen functional groups attached to an aromatic ring is 1. The molecule has 1 saturated carbocycles. The van der Waals surface area contributed by atoms with Gasteiger partial charge in [0.05, 0.1) is 38.9 Å². The Morgan fingerprint density at radius 3 is 2.53 bits per heavy atom. The van der Waals surface area contributed by atoms with E-state index < -0.39 is 56.5 Å². The summed E-state index contributed by atoms with van der Waals surface area (Å²) in [5.74, 6) is -0.494. The molecular weight excluding hydrogens is 655 g/mol. The summed E-state index contributed by atoms with van der Waals surface area (Å²) in [7, 11) is -4.33. The number of aliphatic hydroxyl groups excluding tert-OH is 1. The van der Waals surface area contributed by atoms with Crippen molar-refractivity contribution in [2.45, 2.75) is 70.3 Å². The van der Waals surface area contributed by atoms with Gasteiger partial charge in [-0.3, -0.25) is 13.9 Å². The fraction of sp³-hybridized carbons (Fsp3) is 0.455. The van der Waals surface area contributed by atoms with Gasteiger partial charge < -0.3 is 34.3 Å². The molecule has 3 heterocycles. The maximum Gasteiger partial charge on any atom is 0.459 e. The van der Waals surface area contributed by atoms with E-state index in [-0.39, 0.29) is 30.1 Å². The third-order valence-corrected chi connectivity index (χ3v) is 10.1. The van der Waals surface area contributed by atoms with E-state index in [4.69, 9.17) is 33.7 Å². The summed E-state index contributed by atoms with van der Waals surface area (Å²) in [6.07, 6.45) is 0.865. The molecule has 4 N–H and O–H groups in total. The van der Waals surface area contributed by atoms with Crippen molar-refractivity contribution in [1.29, 1.82) is 0 Å². The third kappa shape index (κ3) is 7.00. The van der Waals surface area contributed by atoms with E-state index in [2.05, 4.69) is 20.0 Å². The quantitative estimate of drug-likeness (QED) is 0.112. The van der Waals surface area contributed by atoms with Crippen molar-refractivity contribution in [3.05, 3.63) is 72.6 Å². The zero-order valence-electron chi connectivity index (χ0n) is 27.7. The Labute approximate surface area is 283 Å². The van der Waals surface area contributed by atoms with Gasteiger partial charge in [0.25, 0.3) is 0 Å². The van der Waals surface area contributed by atoms with E-state index in [1.54, 1.807) is 55.1 Å². The number of para-hydroxylation sites is 1. The van der Waals surface area contributed by atoms with Gasteiger partial charge in [0, 0.05) is 5.92 Å². The second-order valence-electron chi connectivity index (χ2n) is 12.3. The standard InChI is InChI=1S/C33H41N6O9P/c1-5-43-28-26-27(36-31(34)37-28)39(20-35-26)29-25-16-33(25,44-17-23-12-8-6-9-13-23)32(18-40,47-29)19-45-49(42,48-24-14-10-7-11-15-24)38-22(4)30(41)46-21(2)3/h6-15,20-22,25,29,40H,5,16-19H2,1-4H3,(H,38,42)(H2,34,36,37)/t22-,25+,29-,32-,33?,49?/m1/s1. The number of nitrogens with one attached hydrogen (secondary N) is 1. The molecule has 0 bridgehead atoms. The Hall–Kier alpha value is -4.11. The molecule has 1 saturated heterocycles. The van der Waals surface area contributed by atoms with Gasteiger partial charge >= 0.3 is 13.7 Å². The van der Waals surface area contributed by atoms with Crippen LogP contribution in [0.3, 0.4) is 0 Å². The molecule has 15 nitrogen and oxygen atoms in total. The number of hydrogen-bond donors (Lipinski definition) is 3. The molecule has 1 aliphatic heterocycles. The molecular formula is C33H41N6O9P. The van der Waals surface area contributed by atoms with E-state index in [1.807, 2.05) is 37.3 Å². The number of nitrogens with zero attached hydrogens (tertiary/aromatic N) is 4. The number of carbonyl (C=O) groups excluding carboxylic acids is 1. The van der Waals surface area contributed by atoms with Crippen LogP contribution in [0.25, 0.3) is 11.2 Å². The largest absolute Gasteiger partial charge is 0.476 e. The van der Waals surface area contributed by atoms with Gasteiger partial charge in [-0.1, -0.05) is 48.5 Å². The SMILES string of the molecule is CCOc1nc(N)nc2c1ncn2[C@@H]1O[C@](CO)(COP(=O)(N[C@H](C)C(=O)OC(C)C)Oc2ccccc2)C2(OCc3ccccc3)C[C@@H]12. The number of fused-ring (bicyclic) bond motifs is 2. The first kappa shape index (κ1) is 34.7. The van der Waals surface area contributed by atoms with Crippen LogP contribution >= 0.6 is 7.75 Å². The van der Waals surface area contributed by atoms with Gasteiger partial charge in [-0.15, -0.1) is 0 Å². The van der Waals surface area contributed by atoms with Crippen molar-refractivity contribution in [2.24, 2.45) is 5.92 Å². The number of nitrogens with two attached hydrogens (primary N) is 1. The minimum atomic E-state index is -4.33. The molecule has 0 spiro atoms. The molecule has 6 atom stereocenters. The number of ether oxygens (including phenoxy) is 4. The van der Waals surface area contributed by atoms with Gasteiger partial charge in [0.15, 0.2) is 11.2 Å². The molecule has 0 radical (unpaired) electrons. The van der Waals surface area contributed by atoms with Crippen molar-refractivity contribution in [3.8, 4) is 11.6 Å². The predicted molar refractivity (Wildman–Crippen MR) is 177 cm³/mol. The molecule has 4 aromatic rings. The molecule has 49 heavy (non-hydrogen) atoms. The first-order valence-electron chi connectivity index (χ1n) is 16.1. The summed E-state index contributed by atoms with van der Waals surface area (Å²) in [6, 6.07) is 16.9. The lowest BCUT2D eigenvalue weighted by atomic mass is 9.95. The molecule has 2 aromatic carbocycles. The summed E-state index contributed by atoms with van der Waals surface area (Å²) in [6.45, 7) is 6.27. The van der Waals surface area contributed by atoms with Crippen LogP contribution in [0.4, 0.5) is 5.95 Å². The number of aromatic nitrogens is 4. The van der Waals surface area contributed by atoms with Crippen LogP contribution in [0.5, 0.6) is 11.6 Å². The highest BCUT2D eigenvalue weighted by Gasteiger charge is 2.78. The van der Waals surface area contributed by atoms with Crippen LogP contribution in [0, 0.1) is 5.92 Å². The average Bonchev–Trinajstić information content (AvgIpc) is 3.57. The highest BCUT2D eigenvalue weighted by molar-refractivity contribution is 7.52. The molecule has 2 aliphatic rings. The van der Waals surface area contributed by atoms with Crippen molar-refractivity contribution in [2.75, 3.05) is 25.6 Å². The maximum absolute atomic E-state index is 14.4. The molecule has 6 rings (SSSR count). The topological polar surface area (TPSA) is 191 Å². The first-order chi connectivity index (χ1) is 23.5. The van der Waals surface area contributed by atoms with E-state index in [1.165, 1.54) is 6.92 Å². The fourth-order valence-electron chi connectivity index (χ4n) is 6.10. The van der Waals surface area contributed by atoms with Crippen LogP contribution in [-0.4, -0.2) is 73.8 Å². The minimum absolute atomic E-state index is 0.00923. The zero-order chi connectivity index (χ0) is 34.8. The number of hydrogen-bond acceptors (Lipinski definition) is 13. The van der Waals surface area contributed by atoms with E-state index >= 15 is 0 Å². The van der Waals surface area contributed by atoms with Crippen molar-refractivity contribution in [3.63, 3.8) is 0 Å². The number of aliphatic hydroxyl groups is 1. The number of benzene rings is 2. The summed E-state index contributed by atoms with van der Waals surface area (Å²) in [4.78, 5) is 25.8. The van der Waals surface area contributed by atoms with Gasteiger partial charge in [0.2, 0.25) is 11.8 Å². The van der Waals surface area contributed by atoms with Crippen LogP contribution < -0.4 is 20.1 Å². The lowest BCUT2D eigenvalue weighted by Crippen LogP contribution is -2.53. The van der Waals surface area contributed by atoms with Crippen LogP contribution in [0.15, 0.2) is 67.0 Å². The third-order valence-electron chi connectivity index (χ3n) is 8.47. The number of anilines is 1. The number of imidazole rings is 1. The average molecular weight is 697 g/mol. The van der Waals surface area contributed by atoms with E-state index in [0.29, 0.717) is 24.2 Å². The zero-order valence-corrected chi connectivity index (χ0v) is 28.6. The Bertz CT molecular complexity index is 1810. The predicted octanol–water partition coefficient (Wildman–Crippen LogP) is 4.18. The Kier molecular flexibility index (Phi) is 9.94. The van der Waals surface area contributed by atoms with Crippen LogP contribution in [-0.2, 0) is 34.7 Å². The van der Waals surface area contributed by atoms with Crippen molar-refractivity contribution >= 4 is 30.8 Å². The molecule has 262 valence electrons. The highest BCUT2D eigenvalue weighted by atomic mass is 31.2. The molecule has 1 aliphatic carbocycles. The Balaban J connectivity index is 1.34. The second-order valence-corrected chi connectivity index (χ2v) is 14.0. The molecule has 2 unspecified atom stereocenters. The lowest BCUT2D eigenvalue weighted by Gasteiger charge is -2.37.